The molecule has 0 saturated carbocycles. The first-order chi connectivity index (χ1) is 8.63. The summed E-state index contributed by atoms with van der Waals surface area (Å²) in [6.07, 6.45) is 2.57. The Hall–Kier alpha value is -1.84. The van der Waals surface area contributed by atoms with Crippen molar-refractivity contribution < 1.29 is 9.59 Å². The van der Waals surface area contributed by atoms with Crippen LogP contribution in [0.15, 0.2) is 30.3 Å². The number of unbranched alkanes of at least 4 members (excludes halogenated alkanes) is 1. The fraction of sp³-hybridized carbons (Fsp3) is 0.429. The van der Waals surface area contributed by atoms with Gasteiger partial charge in [0.25, 0.3) is 0 Å². The Bertz CT molecular complexity index is 390. The normalized spacial score (nSPS) is 11.7. The van der Waals surface area contributed by atoms with E-state index in [4.69, 9.17) is 0 Å². The second-order valence-electron chi connectivity index (χ2n) is 4.25. The fourth-order valence-electron chi connectivity index (χ4n) is 1.67. The van der Waals surface area contributed by atoms with Crippen LogP contribution in [0.4, 0.5) is 5.69 Å². The molecule has 0 unspecified atom stereocenters. The van der Waals surface area contributed by atoms with Crippen molar-refractivity contribution in [1.29, 1.82) is 0 Å². The van der Waals surface area contributed by atoms with Gasteiger partial charge in [-0.15, -0.1) is 0 Å². The van der Waals surface area contributed by atoms with Crippen molar-refractivity contribution in [2.24, 2.45) is 0 Å². The van der Waals surface area contributed by atoms with Crippen LogP contribution in [0.3, 0.4) is 0 Å². The Kier molecular flexibility index (Phi) is 5.91. The smallest absolute Gasteiger partial charge is 0.246 e. The van der Waals surface area contributed by atoms with Crippen molar-refractivity contribution in [3.63, 3.8) is 0 Å². The molecule has 0 bridgehead atoms. The average molecular weight is 248 g/mol. The molecule has 1 aromatic carbocycles. The summed E-state index contributed by atoms with van der Waals surface area (Å²) in [5, 5.41) is 5.49. The molecule has 0 radical (unpaired) electrons. The van der Waals surface area contributed by atoms with Crippen LogP contribution in [0.2, 0.25) is 0 Å². The predicted octanol–water partition coefficient (Wildman–Crippen LogP) is 2.32. The summed E-state index contributed by atoms with van der Waals surface area (Å²) in [5.41, 5.74) is 0.745. The van der Waals surface area contributed by atoms with E-state index in [0.717, 1.165) is 18.5 Å². The molecule has 18 heavy (non-hydrogen) atoms. The highest BCUT2D eigenvalue weighted by molar-refractivity contribution is 5.96. The Balaban J connectivity index is 2.60. The van der Waals surface area contributed by atoms with E-state index in [1.165, 1.54) is 6.92 Å². The molecular formula is C14H20N2O2. The number of hydrogen-bond acceptors (Lipinski definition) is 2. The van der Waals surface area contributed by atoms with E-state index in [2.05, 4.69) is 17.6 Å². The molecule has 0 aliphatic rings. The van der Waals surface area contributed by atoms with Gasteiger partial charge in [-0.3, -0.25) is 9.59 Å². The van der Waals surface area contributed by atoms with E-state index < -0.39 is 6.04 Å². The van der Waals surface area contributed by atoms with Gasteiger partial charge < -0.3 is 10.6 Å². The van der Waals surface area contributed by atoms with Gasteiger partial charge in [0.1, 0.15) is 6.04 Å². The van der Waals surface area contributed by atoms with E-state index in [1.54, 1.807) is 0 Å². The number of amides is 2. The van der Waals surface area contributed by atoms with Crippen molar-refractivity contribution in [3.05, 3.63) is 30.3 Å². The molecule has 0 aliphatic carbocycles. The first kappa shape index (κ1) is 14.2. The largest absolute Gasteiger partial charge is 0.345 e. The number of rotatable bonds is 6. The topological polar surface area (TPSA) is 58.2 Å². The average Bonchev–Trinajstić information content (AvgIpc) is 2.35. The van der Waals surface area contributed by atoms with Crippen molar-refractivity contribution in [1.82, 2.24) is 5.32 Å². The third-order valence-electron chi connectivity index (χ3n) is 2.58. The van der Waals surface area contributed by atoms with Crippen LogP contribution in [0.5, 0.6) is 0 Å². The van der Waals surface area contributed by atoms with Crippen LogP contribution in [-0.2, 0) is 9.59 Å². The summed E-state index contributed by atoms with van der Waals surface area (Å²) in [5.74, 6) is -0.343. The molecule has 1 atom stereocenters. The minimum atomic E-state index is -0.456. The lowest BCUT2D eigenvalue weighted by Gasteiger charge is -2.17. The number of carbonyl (C=O) groups excluding carboxylic acids is 2. The van der Waals surface area contributed by atoms with E-state index in [-0.39, 0.29) is 11.8 Å². The van der Waals surface area contributed by atoms with Crippen molar-refractivity contribution in [3.8, 4) is 0 Å². The highest BCUT2D eigenvalue weighted by atomic mass is 16.2. The lowest BCUT2D eigenvalue weighted by atomic mass is 10.1. The van der Waals surface area contributed by atoms with Gasteiger partial charge in [0.05, 0.1) is 0 Å². The molecule has 4 nitrogen and oxygen atoms in total. The second kappa shape index (κ2) is 7.48. The molecule has 0 saturated heterocycles. The number of anilines is 1. The SMILES string of the molecule is CCCC[C@H](NC(C)=O)C(=O)Nc1ccccc1. The van der Waals surface area contributed by atoms with Gasteiger partial charge in [-0.05, 0) is 18.6 Å². The van der Waals surface area contributed by atoms with Gasteiger partial charge in [-0.1, -0.05) is 38.0 Å². The van der Waals surface area contributed by atoms with Gasteiger partial charge in [0.15, 0.2) is 0 Å². The lowest BCUT2D eigenvalue weighted by molar-refractivity contribution is -0.125. The second-order valence-corrected chi connectivity index (χ2v) is 4.25. The molecule has 1 aromatic rings. The summed E-state index contributed by atoms with van der Waals surface area (Å²) in [6.45, 7) is 3.48. The number of hydrogen-bond donors (Lipinski definition) is 2. The van der Waals surface area contributed by atoms with Crippen LogP contribution in [0.1, 0.15) is 33.1 Å². The minimum Gasteiger partial charge on any atom is -0.345 e. The quantitative estimate of drug-likeness (QED) is 0.811. The number of benzene rings is 1. The van der Waals surface area contributed by atoms with E-state index in [0.29, 0.717) is 6.42 Å². The third kappa shape index (κ3) is 4.99. The third-order valence-corrected chi connectivity index (χ3v) is 2.58. The summed E-state index contributed by atoms with van der Waals surface area (Å²) in [6, 6.07) is 8.79. The van der Waals surface area contributed by atoms with Crippen molar-refractivity contribution in [2.45, 2.75) is 39.2 Å². The van der Waals surface area contributed by atoms with Gasteiger partial charge in [-0.2, -0.15) is 0 Å². The van der Waals surface area contributed by atoms with E-state index >= 15 is 0 Å². The monoisotopic (exact) mass is 248 g/mol. The Morgan fingerprint density at radius 1 is 1.22 bits per heavy atom. The summed E-state index contributed by atoms with van der Waals surface area (Å²) >= 11 is 0. The van der Waals surface area contributed by atoms with E-state index in [1.807, 2.05) is 30.3 Å². The maximum absolute atomic E-state index is 12.0. The first-order valence-corrected chi connectivity index (χ1v) is 6.26. The Morgan fingerprint density at radius 3 is 2.44 bits per heavy atom. The molecule has 0 aliphatic heterocycles. The molecule has 98 valence electrons. The molecule has 2 amide bonds. The predicted molar refractivity (Wildman–Crippen MR) is 72.2 cm³/mol. The van der Waals surface area contributed by atoms with Crippen LogP contribution in [-0.4, -0.2) is 17.9 Å². The molecule has 0 spiro atoms. The van der Waals surface area contributed by atoms with Crippen LogP contribution in [0.25, 0.3) is 0 Å². The van der Waals surface area contributed by atoms with Gasteiger partial charge in [0.2, 0.25) is 11.8 Å². The number of carbonyl (C=O) groups is 2. The molecule has 2 N–H and O–H groups in total. The first-order valence-electron chi connectivity index (χ1n) is 6.26. The lowest BCUT2D eigenvalue weighted by Crippen LogP contribution is -2.42. The Labute approximate surface area is 108 Å². The Morgan fingerprint density at radius 2 is 1.89 bits per heavy atom. The number of para-hydroxylation sites is 1. The maximum atomic E-state index is 12.0. The van der Waals surface area contributed by atoms with E-state index in [9.17, 15) is 9.59 Å². The molecule has 4 heteroatoms. The summed E-state index contributed by atoms with van der Waals surface area (Å²) in [4.78, 5) is 23.1. The molecule has 0 aromatic heterocycles. The molecule has 0 heterocycles. The molecule has 0 fully saturated rings. The summed E-state index contributed by atoms with van der Waals surface area (Å²) in [7, 11) is 0. The molecule has 1 rings (SSSR count). The minimum absolute atomic E-state index is 0.162. The van der Waals surface area contributed by atoms with Crippen LogP contribution < -0.4 is 10.6 Å². The van der Waals surface area contributed by atoms with Crippen LogP contribution in [0, 0.1) is 0 Å². The van der Waals surface area contributed by atoms with Crippen LogP contribution >= 0.6 is 0 Å². The summed E-state index contributed by atoms with van der Waals surface area (Å²) < 4.78 is 0. The van der Waals surface area contributed by atoms with Crippen molar-refractivity contribution in [2.75, 3.05) is 5.32 Å². The van der Waals surface area contributed by atoms with Crippen molar-refractivity contribution >= 4 is 17.5 Å². The zero-order valence-corrected chi connectivity index (χ0v) is 10.9. The molecular weight excluding hydrogens is 228 g/mol. The number of nitrogens with one attached hydrogen (secondary N) is 2. The van der Waals surface area contributed by atoms with Gasteiger partial charge in [0, 0.05) is 12.6 Å². The highest BCUT2D eigenvalue weighted by Gasteiger charge is 2.18. The highest BCUT2D eigenvalue weighted by Crippen LogP contribution is 2.08. The maximum Gasteiger partial charge on any atom is 0.246 e. The fourth-order valence-corrected chi connectivity index (χ4v) is 1.67. The zero-order valence-electron chi connectivity index (χ0n) is 10.9. The van der Waals surface area contributed by atoms with Gasteiger partial charge in [-0.25, -0.2) is 0 Å². The standard InChI is InChI=1S/C14H20N2O2/c1-3-4-10-13(15-11(2)17)14(18)16-12-8-6-5-7-9-12/h5-9,13H,3-4,10H2,1-2H3,(H,15,17)(H,16,18)/t13-/m0/s1. The van der Waals surface area contributed by atoms with Gasteiger partial charge >= 0.3 is 0 Å². The zero-order chi connectivity index (χ0) is 13.4.